The standard InChI is InChI=1S/C19H27ClN2O3/c1-11-7-14(20)8-12(2)16(11)17(23)22-9-13(3)15(10-22)21-18(24)25-19(4,5)6/h7-8,13,15H,9-10H2,1-6H3,(H,21,24)/t13-,15+/m0/s1. The molecular formula is C19H27ClN2O3. The van der Waals surface area contributed by atoms with Crippen LogP contribution in [0.2, 0.25) is 5.02 Å². The number of benzene rings is 1. The number of carbonyl (C=O) groups excluding carboxylic acids is 2. The van der Waals surface area contributed by atoms with Crippen molar-refractivity contribution in [1.29, 1.82) is 0 Å². The number of nitrogens with one attached hydrogen (secondary N) is 1. The zero-order valence-electron chi connectivity index (χ0n) is 15.8. The van der Waals surface area contributed by atoms with Crippen LogP contribution in [0.1, 0.15) is 49.2 Å². The molecule has 1 aliphatic rings. The number of ether oxygens (including phenoxy) is 1. The van der Waals surface area contributed by atoms with E-state index < -0.39 is 11.7 Å². The van der Waals surface area contributed by atoms with Crippen molar-refractivity contribution in [3.63, 3.8) is 0 Å². The van der Waals surface area contributed by atoms with Crippen LogP contribution in [0.4, 0.5) is 4.79 Å². The molecule has 1 aromatic carbocycles. The van der Waals surface area contributed by atoms with E-state index in [0.717, 1.165) is 11.1 Å². The van der Waals surface area contributed by atoms with Gasteiger partial charge in [0.15, 0.2) is 0 Å². The Morgan fingerprint density at radius 2 is 1.76 bits per heavy atom. The maximum atomic E-state index is 12.9. The lowest BCUT2D eigenvalue weighted by Gasteiger charge is -2.23. The molecule has 6 heteroatoms. The van der Waals surface area contributed by atoms with Gasteiger partial charge in [-0.3, -0.25) is 4.79 Å². The first kappa shape index (κ1) is 19.6. The fraction of sp³-hybridized carbons (Fsp3) is 0.579. The SMILES string of the molecule is Cc1cc(Cl)cc(C)c1C(=O)N1C[C@H](C)[C@H](NC(=O)OC(C)(C)C)C1. The van der Waals surface area contributed by atoms with Gasteiger partial charge < -0.3 is 15.0 Å². The van der Waals surface area contributed by atoms with E-state index in [2.05, 4.69) is 5.32 Å². The van der Waals surface area contributed by atoms with E-state index in [1.54, 1.807) is 17.0 Å². The summed E-state index contributed by atoms with van der Waals surface area (Å²) in [5, 5.41) is 3.51. The lowest BCUT2D eigenvalue weighted by Crippen LogP contribution is -2.43. The molecule has 0 spiro atoms. The number of hydrogen-bond donors (Lipinski definition) is 1. The fourth-order valence-electron chi connectivity index (χ4n) is 3.19. The van der Waals surface area contributed by atoms with Crippen LogP contribution in [0.3, 0.4) is 0 Å². The van der Waals surface area contributed by atoms with Crippen LogP contribution < -0.4 is 5.32 Å². The van der Waals surface area contributed by atoms with E-state index in [4.69, 9.17) is 16.3 Å². The van der Waals surface area contributed by atoms with Gasteiger partial charge in [-0.25, -0.2) is 4.79 Å². The molecule has 0 aromatic heterocycles. The Bertz CT molecular complexity index is 659. The summed E-state index contributed by atoms with van der Waals surface area (Å²) in [5.41, 5.74) is 1.88. The largest absolute Gasteiger partial charge is 0.444 e. The molecule has 1 aliphatic heterocycles. The van der Waals surface area contributed by atoms with Gasteiger partial charge in [0.25, 0.3) is 5.91 Å². The van der Waals surface area contributed by atoms with Gasteiger partial charge in [-0.1, -0.05) is 18.5 Å². The number of hydrogen-bond acceptors (Lipinski definition) is 3. The lowest BCUT2D eigenvalue weighted by molar-refractivity contribution is 0.0494. The molecule has 2 amide bonds. The summed E-state index contributed by atoms with van der Waals surface area (Å²) in [6, 6.07) is 3.49. The van der Waals surface area contributed by atoms with Crippen LogP contribution in [-0.4, -0.2) is 41.6 Å². The molecule has 2 rings (SSSR count). The van der Waals surface area contributed by atoms with Gasteiger partial charge in [0.1, 0.15) is 5.60 Å². The first-order valence-corrected chi connectivity index (χ1v) is 8.91. The van der Waals surface area contributed by atoms with E-state index >= 15 is 0 Å². The second-order valence-corrected chi connectivity index (χ2v) is 8.29. The highest BCUT2D eigenvalue weighted by molar-refractivity contribution is 6.30. The van der Waals surface area contributed by atoms with Gasteiger partial charge in [-0.2, -0.15) is 0 Å². The summed E-state index contributed by atoms with van der Waals surface area (Å²) >= 11 is 6.06. The average Bonchev–Trinajstić information content (AvgIpc) is 2.76. The van der Waals surface area contributed by atoms with Crippen LogP contribution in [0, 0.1) is 19.8 Å². The van der Waals surface area contributed by atoms with Gasteiger partial charge in [-0.15, -0.1) is 0 Å². The number of likely N-dealkylation sites (tertiary alicyclic amines) is 1. The number of halogens is 1. The molecule has 1 aromatic rings. The number of aryl methyl sites for hydroxylation is 2. The van der Waals surface area contributed by atoms with Crippen molar-refractivity contribution in [2.75, 3.05) is 13.1 Å². The second-order valence-electron chi connectivity index (χ2n) is 7.85. The molecule has 0 unspecified atom stereocenters. The third-order valence-corrected chi connectivity index (χ3v) is 4.53. The highest BCUT2D eigenvalue weighted by Crippen LogP contribution is 2.25. The molecule has 2 atom stereocenters. The third kappa shape index (κ3) is 4.88. The van der Waals surface area contributed by atoms with Crippen LogP contribution in [0.25, 0.3) is 0 Å². The molecule has 138 valence electrons. The summed E-state index contributed by atoms with van der Waals surface area (Å²) in [7, 11) is 0. The van der Waals surface area contributed by atoms with Crippen molar-refractivity contribution < 1.29 is 14.3 Å². The lowest BCUT2D eigenvalue weighted by atomic mass is 10.0. The molecule has 5 nitrogen and oxygen atoms in total. The predicted molar refractivity (Wildman–Crippen MR) is 99.2 cm³/mol. The summed E-state index contributed by atoms with van der Waals surface area (Å²) in [6.07, 6.45) is -0.447. The number of amides is 2. The topological polar surface area (TPSA) is 58.6 Å². The summed E-state index contributed by atoms with van der Waals surface area (Å²) in [6.45, 7) is 12.4. The quantitative estimate of drug-likeness (QED) is 0.862. The minimum atomic E-state index is -0.543. The van der Waals surface area contributed by atoms with Crippen LogP contribution in [0.5, 0.6) is 0 Å². The smallest absolute Gasteiger partial charge is 0.407 e. The average molecular weight is 367 g/mol. The molecule has 0 radical (unpaired) electrons. The summed E-state index contributed by atoms with van der Waals surface area (Å²) < 4.78 is 5.31. The van der Waals surface area contributed by atoms with E-state index in [1.165, 1.54) is 0 Å². The first-order chi connectivity index (χ1) is 11.5. The van der Waals surface area contributed by atoms with Gasteiger partial charge in [0.05, 0.1) is 6.04 Å². The van der Waals surface area contributed by atoms with Gasteiger partial charge in [0, 0.05) is 23.7 Å². The number of rotatable bonds is 2. The Kier molecular flexibility index (Phi) is 5.67. The van der Waals surface area contributed by atoms with Crippen molar-refractivity contribution in [3.05, 3.63) is 33.8 Å². The Balaban J connectivity index is 2.08. The molecular weight excluding hydrogens is 340 g/mol. The summed E-state index contributed by atoms with van der Waals surface area (Å²) in [5.74, 6) is 0.136. The normalized spacial score (nSPS) is 20.5. The van der Waals surface area contributed by atoms with Crippen molar-refractivity contribution in [2.45, 2.75) is 53.2 Å². The van der Waals surface area contributed by atoms with Gasteiger partial charge in [0.2, 0.25) is 0 Å². The van der Waals surface area contributed by atoms with Crippen molar-refractivity contribution >= 4 is 23.6 Å². The highest BCUT2D eigenvalue weighted by atomic mass is 35.5. The predicted octanol–water partition coefficient (Wildman–Crippen LogP) is 3.94. The van der Waals surface area contributed by atoms with Crippen molar-refractivity contribution in [1.82, 2.24) is 10.2 Å². The Morgan fingerprint density at radius 3 is 2.28 bits per heavy atom. The van der Waals surface area contributed by atoms with Crippen LogP contribution in [-0.2, 0) is 4.74 Å². The van der Waals surface area contributed by atoms with E-state index in [1.807, 2.05) is 41.5 Å². The highest BCUT2D eigenvalue weighted by Gasteiger charge is 2.35. The molecule has 1 saturated heterocycles. The Labute approximate surface area is 154 Å². The second kappa shape index (κ2) is 7.24. The van der Waals surface area contributed by atoms with Gasteiger partial charge in [-0.05, 0) is 63.8 Å². The molecule has 0 bridgehead atoms. The minimum Gasteiger partial charge on any atom is -0.444 e. The van der Waals surface area contributed by atoms with Crippen molar-refractivity contribution in [2.24, 2.45) is 5.92 Å². The molecule has 0 saturated carbocycles. The zero-order chi connectivity index (χ0) is 18.9. The monoisotopic (exact) mass is 366 g/mol. The third-order valence-electron chi connectivity index (χ3n) is 4.31. The maximum absolute atomic E-state index is 12.9. The van der Waals surface area contributed by atoms with E-state index in [0.29, 0.717) is 23.7 Å². The van der Waals surface area contributed by atoms with Crippen LogP contribution in [0.15, 0.2) is 12.1 Å². The van der Waals surface area contributed by atoms with Crippen molar-refractivity contribution in [3.8, 4) is 0 Å². The molecule has 0 aliphatic carbocycles. The fourth-order valence-corrected chi connectivity index (χ4v) is 3.51. The first-order valence-electron chi connectivity index (χ1n) is 8.53. The Morgan fingerprint density at radius 1 is 1.20 bits per heavy atom. The summed E-state index contributed by atoms with van der Waals surface area (Å²) in [4.78, 5) is 26.7. The minimum absolute atomic E-state index is 0.0213. The molecule has 1 heterocycles. The maximum Gasteiger partial charge on any atom is 0.407 e. The van der Waals surface area contributed by atoms with Gasteiger partial charge >= 0.3 is 6.09 Å². The number of nitrogens with zero attached hydrogens (tertiary/aromatic N) is 1. The Hall–Kier alpha value is -1.75. The van der Waals surface area contributed by atoms with E-state index in [-0.39, 0.29) is 17.9 Å². The zero-order valence-corrected chi connectivity index (χ0v) is 16.5. The van der Waals surface area contributed by atoms with E-state index in [9.17, 15) is 9.59 Å². The molecule has 25 heavy (non-hydrogen) atoms. The number of carbonyl (C=O) groups is 2. The van der Waals surface area contributed by atoms with Crippen LogP contribution >= 0.6 is 11.6 Å². The molecule has 1 N–H and O–H groups in total. The number of alkyl carbamates (subject to hydrolysis) is 1. The molecule has 1 fully saturated rings.